The summed E-state index contributed by atoms with van der Waals surface area (Å²) in [7, 11) is 1.54. The number of nitrogens with two attached hydrogens (primary N) is 1. The molecule has 1 aromatic heterocycles. The lowest BCUT2D eigenvalue weighted by atomic mass is 10.2. The Balaban J connectivity index is 1.67. The summed E-state index contributed by atoms with van der Waals surface area (Å²) >= 11 is 0. The molecule has 0 aliphatic rings. The van der Waals surface area contributed by atoms with Crippen LogP contribution in [0.5, 0.6) is 5.75 Å². The third-order valence-corrected chi connectivity index (χ3v) is 3.93. The number of carbonyl (C=O) groups excluding carboxylic acids is 1. The van der Waals surface area contributed by atoms with Gasteiger partial charge in [0.1, 0.15) is 17.8 Å². The van der Waals surface area contributed by atoms with E-state index < -0.39 is 5.97 Å². The monoisotopic (exact) mass is 394 g/mol. The third kappa shape index (κ3) is 4.69. The summed E-state index contributed by atoms with van der Waals surface area (Å²) in [5.74, 6) is -0.265. The molecule has 10 heteroatoms. The number of hydrogen-bond donors (Lipinski definition) is 5. The number of methoxy groups -OCH3 is 1. The molecule has 3 aromatic rings. The number of hydrogen-bond acceptors (Lipinski definition) is 8. The van der Waals surface area contributed by atoms with Crippen molar-refractivity contribution in [3.05, 3.63) is 66.0 Å². The Kier molecular flexibility index (Phi) is 5.74. The molecule has 0 radical (unpaired) electrons. The molecule has 0 aliphatic heterocycles. The van der Waals surface area contributed by atoms with Crippen LogP contribution in [0.25, 0.3) is 0 Å². The first-order chi connectivity index (χ1) is 14.0. The van der Waals surface area contributed by atoms with Gasteiger partial charge in [-0.25, -0.2) is 14.8 Å². The van der Waals surface area contributed by atoms with Crippen molar-refractivity contribution in [2.75, 3.05) is 23.6 Å². The number of carboxylic acids is 1. The van der Waals surface area contributed by atoms with E-state index in [0.717, 1.165) is 0 Å². The predicted octanol–water partition coefficient (Wildman–Crippen LogP) is 2.27. The number of ether oxygens (including phenoxy) is 1. The SMILES string of the molecule is COc1ccc(C(=O)NNc2ncnc(Nc3ccc(C(=O)O)cc3)c2N)cc1. The Morgan fingerprint density at radius 2 is 1.59 bits per heavy atom. The molecule has 0 saturated carbocycles. The molecule has 0 saturated heterocycles. The number of rotatable bonds is 7. The molecule has 0 atom stereocenters. The molecule has 3 rings (SSSR count). The van der Waals surface area contributed by atoms with Gasteiger partial charge in [-0.15, -0.1) is 0 Å². The molecular formula is C19H18N6O4. The Morgan fingerprint density at radius 1 is 0.966 bits per heavy atom. The van der Waals surface area contributed by atoms with Crippen molar-refractivity contribution in [3.8, 4) is 5.75 Å². The fourth-order valence-corrected chi connectivity index (χ4v) is 2.36. The summed E-state index contributed by atoms with van der Waals surface area (Å²) < 4.78 is 5.06. The standard InChI is InChI=1S/C19H18N6O4/c1-29-14-8-4-11(5-9-14)18(26)25-24-17-15(20)16(21-10-22-17)23-13-6-2-12(3-7-13)19(27)28/h2-10H,20H2,1H3,(H,25,26)(H,27,28)(H2,21,22,23,24). The van der Waals surface area contributed by atoms with Crippen LogP contribution in [0.15, 0.2) is 54.9 Å². The summed E-state index contributed by atoms with van der Waals surface area (Å²) in [6, 6.07) is 12.7. The first kappa shape index (κ1) is 19.4. The molecule has 1 heterocycles. The molecule has 2 aromatic carbocycles. The first-order valence-corrected chi connectivity index (χ1v) is 8.39. The highest BCUT2D eigenvalue weighted by Gasteiger charge is 2.11. The molecule has 29 heavy (non-hydrogen) atoms. The van der Waals surface area contributed by atoms with Crippen LogP contribution in [0.3, 0.4) is 0 Å². The zero-order chi connectivity index (χ0) is 20.8. The van der Waals surface area contributed by atoms with E-state index in [1.165, 1.54) is 18.5 Å². The highest BCUT2D eigenvalue weighted by Crippen LogP contribution is 2.25. The molecule has 0 spiro atoms. The molecule has 10 nitrogen and oxygen atoms in total. The lowest BCUT2D eigenvalue weighted by Gasteiger charge is -2.13. The van der Waals surface area contributed by atoms with Gasteiger partial charge in [-0.1, -0.05) is 0 Å². The fraction of sp³-hybridized carbons (Fsp3) is 0.0526. The van der Waals surface area contributed by atoms with E-state index in [-0.39, 0.29) is 23.0 Å². The first-order valence-electron chi connectivity index (χ1n) is 8.39. The average molecular weight is 394 g/mol. The third-order valence-electron chi connectivity index (χ3n) is 3.93. The average Bonchev–Trinajstić information content (AvgIpc) is 2.74. The van der Waals surface area contributed by atoms with Crippen molar-refractivity contribution < 1.29 is 19.4 Å². The minimum atomic E-state index is -1.02. The zero-order valence-corrected chi connectivity index (χ0v) is 15.3. The number of nitrogen functional groups attached to an aromatic ring is 1. The molecule has 0 unspecified atom stereocenters. The van der Waals surface area contributed by atoms with E-state index in [0.29, 0.717) is 22.8 Å². The van der Waals surface area contributed by atoms with E-state index in [1.54, 1.807) is 43.5 Å². The number of hydrazine groups is 1. The highest BCUT2D eigenvalue weighted by molar-refractivity contribution is 5.95. The van der Waals surface area contributed by atoms with E-state index >= 15 is 0 Å². The Morgan fingerprint density at radius 3 is 2.21 bits per heavy atom. The van der Waals surface area contributed by atoms with Crippen LogP contribution in [-0.2, 0) is 0 Å². The number of benzene rings is 2. The van der Waals surface area contributed by atoms with Gasteiger partial charge in [-0.3, -0.25) is 15.6 Å². The Bertz CT molecular complexity index is 1020. The van der Waals surface area contributed by atoms with Crippen LogP contribution in [0.1, 0.15) is 20.7 Å². The number of amides is 1. The number of carboxylic acid groups (broad SMARTS) is 1. The fourth-order valence-electron chi connectivity index (χ4n) is 2.36. The van der Waals surface area contributed by atoms with Crippen molar-refractivity contribution in [2.24, 2.45) is 0 Å². The number of carbonyl (C=O) groups is 2. The molecule has 0 bridgehead atoms. The van der Waals surface area contributed by atoms with Gasteiger partial charge in [0.2, 0.25) is 0 Å². The van der Waals surface area contributed by atoms with Crippen molar-refractivity contribution in [1.82, 2.24) is 15.4 Å². The van der Waals surface area contributed by atoms with E-state index in [4.69, 9.17) is 15.6 Å². The summed E-state index contributed by atoms with van der Waals surface area (Å²) in [5, 5.41) is 11.9. The molecule has 1 amide bonds. The molecule has 6 N–H and O–H groups in total. The van der Waals surface area contributed by atoms with E-state index in [1.807, 2.05) is 0 Å². The van der Waals surface area contributed by atoms with Crippen LogP contribution in [0, 0.1) is 0 Å². The van der Waals surface area contributed by atoms with Gasteiger partial charge >= 0.3 is 5.97 Å². The zero-order valence-electron chi connectivity index (χ0n) is 15.3. The lowest BCUT2D eigenvalue weighted by molar-refractivity contribution is 0.0696. The van der Waals surface area contributed by atoms with E-state index in [2.05, 4.69) is 26.1 Å². The maximum atomic E-state index is 12.2. The smallest absolute Gasteiger partial charge is 0.335 e. The van der Waals surface area contributed by atoms with Gasteiger partial charge in [0.25, 0.3) is 5.91 Å². The quantitative estimate of drug-likeness (QED) is 0.380. The van der Waals surface area contributed by atoms with Gasteiger partial charge < -0.3 is 20.9 Å². The van der Waals surface area contributed by atoms with Crippen molar-refractivity contribution in [3.63, 3.8) is 0 Å². The van der Waals surface area contributed by atoms with Crippen molar-refractivity contribution in [1.29, 1.82) is 0 Å². The Hall–Kier alpha value is -4.34. The second-order valence-electron chi connectivity index (χ2n) is 5.80. The van der Waals surface area contributed by atoms with E-state index in [9.17, 15) is 9.59 Å². The van der Waals surface area contributed by atoms with Gasteiger partial charge in [-0.2, -0.15) is 0 Å². The highest BCUT2D eigenvalue weighted by atomic mass is 16.5. The molecule has 0 aliphatic carbocycles. The van der Waals surface area contributed by atoms with Gasteiger partial charge in [0, 0.05) is 11.3 Å². The normalized spacial score (nSPS) is 10.1. The summed E-state index contributed by atoms with van der Waals surface area (Å²) in [6.07, 6.45) is 1.27. The maximum absolute atomic E-state index is 12.2. The number of aromatic nitrogens is 2. The Labute approximate surface area is 165 Å². The predicted molar refractivity (Wildman–Crippen MR) is 107 cm³/mol. The number of nitrogens with one attached hydrogen (secondary N) is 3. The summed E-state index contributed by atoms with van der Waals surface area (Å²) in [5.41, 5.74) is 12.6. The second-order valence-corrected chi connectivity index (χ2v) is 5.80. The lowest BCUT2D eigenvalue weighted by Crippen LogP contribution is -2.30. The van der Waals surface area contributed by atoms with Gasteiger partial charge in [0.05, 0.1) is 12.7 Å². The number of anilines is 4. The van der Waals surface area contributed by atoms with Crippen LogP contribution < -0.4 is 26.6 Å². The molecular weight excluding hydrogens is 376 g/mol. The van der Waals surface area contributed by atoms with Crippen LogP contribution in [0.2, 0.25) is 0 Å². The minimum Gasteiger partial charge on any atom is -0.497 e. The number of nitrogens with zero attached hydrogens (tertiary/aromatic N) is 2. The minimum absolute atomic E-state index is 0.162. The van der Waals surface area contributed by atoms with Gasteiger partial charge in [0.15, 0.2) is 11.6 Å². The van der Waals surface area contributed by atoms with Gasteiger partial charge in [-0.05, 0) is 48.5 Å². The molecule has 148 valence electrons. The largest absolute Gasteiger partial charge is 0.497 e. The van der Waals surface area contributed by atoms with Crippen LogP contribution in [0.4, 0.5) is 23.0 Å². The topological polar surface area (TPSA) is 151 Å². The van der Waals surface area contributed by atoms with Crippen LogP contribution >= 0.6 is 0 Å². The summed E-state index contributed by atoms with van der Waals surface area (Å²) in [6.45, 7) is 0. The number of aromatic carboxylic acids is 1. The maximum Gasteiger partial charge on any atom is 0.335 e. The second kappa shape index (κ2) is 8.57. The molecule has 0 fully saturated rings. The van der Waals surface area contributed by atoms with Crippen LogP contribution in [-0.4, -0.2) is 34.1 Å². The van der Waals surface area contributed by atoms with Crippen molar-refractivity contribution in [2.45, 2.75) is 0 Å². The summed E-state index contributed by atoms with van der Waals surface area (Å²) in [4.78, 5) is 31.2. The van der Waals surface area contributed by atoms with Crippen molar-refractivity contribution >= 4 is 34.9 Å².